The van der Waals surface area contributed by atoms with E-state index in [4.69, 9.17) is 26.4 Å². The summed E-state index contributed by atoms with van der Waals surface area (Å²) in [4.78, 5) is 12.0. The maximum atomic E-state index is 12.0. The van der Waals surface area contributed by atoms with Gasteiger partial charge in [0.1, 0.15) is 5.75 Å². The maximum Gasteiger partial charge on any atom is 0.279 e. The highest BCUT2D eigenvalue weighted by molar-refractivity contribution is 7.80. The van der Waals surface area contributed by atoms with Crippen molar-refractivity contribution in [3.63, 3.8) is 0 Å². The van der Waals surface area contributed by atoms with Crippen LogP contribution in [0.1, 0.15) is 6.92 Å². The summed E-state index contributed by atoms with van der Waals surface area (Å²) in [5, 5.41) is 3.18. The summed E-state index contributed by atoms with van der Waals surface area (Å²) in [6.07, 6.45) is -0.678. The van der Waals surface area contributed by atoms with Gasteiger partial charge in [-0.05, 0) is 43.4 Å². The number of anilines is 1. The van der Waals surface area contributed by atoms with Crippen molar-refractivity contribution in [2.45, 2.75) is 13.0 Å². The first-order chi connectivity index (χ1) is 12.1. The van der Waals surface area contributed by atoms with Gasteiger partial charge in [0.25, 0.3) is 5.91 Å². The van der Waals surface area contributed by atoms with Gasteiger partial charge in [0, 0.05) is 11.8 Å². The number of thiocarbonyl (C=S) groups is 1. The van der Waals surface area contributed by atoms with Gasteiger partial charge in [-0.15, -0.1) is 0 Å². The minimum absolute atomic E-state index is 0.205. The van der Waals surface area contributed by atoms with Gasteiger partial charge in [-0.2, -0.15) is 0 Å². The molecule has 0 unspecified atom stereocenters. The van der Waals surface area contributed by atoms with Crippen molar-refractivity contribution >= 4 is 28.9 Å². The molecule has 0 aromatic heterocycles. The van der Waals surface area contributed by atoms with Crippen LogP contribution in [0.2, 0.25) is 0 Å². The first-order valence-electron chi connectivity index (χ1n) is 7.60. The lowest BCUT2D eigenvalue weighted by Crippen LogP contribution is -2.48. The molecule has 0 radical (unpaired) electrons. The number of carbonyl (C=O) groups excluding carboxylic acids is 1. The molecule has 1 heterocycles. The Bertz CT molecular complexity index is 770. The van der Waals surface area contributed by atoms with Gasteiger partial charge in [-0.1, -0.05) is 18.2 Å². The fraction of sp³-hybridized carbons (Fsp3) is 0.176. The molecule has 0 saturated heterocycles. The van der Waals surface area contributed by atoms with Crippen LogP contribution in [-0.2, 0) is 4.79 Å². The molecule has 2 aromatic carbocycles. The van der Waals surface area contributed by atoms with E-state index in [1.807, 2.05) is 18.2 Å². The van der Waals surface area contributed by atoms with Gasteiger partial charge in [0.2, 0.25) is 6.79 Å². The number of benzene rings is 2. The van der Waals surface area contributed by atoms with Crippen LogP contribution in [0, 0.1) is 0 Å². The number of hydrogen-bond donors (Lipinski definition) is 3. The highest BCUT2D eigenvalue weighted by atomic mass is 32.1. The highest BCUT2D eigenvalue weighted by Gasteiger charge is 2.16. The quantitative estimate of drug-likeness (QED) is 0.570. The Balaban J connectivity index is 1.46. The summed E-state index contributed by atoms with van der Waals surface area (Å²) in [5.41, 5.74) is 5.85. The topological polar surface area (TPSA) is 80.9 Å². The number of para-hydroxylation sites is 1. The fourth-order valence-corrected chi connectivity index (χ4v) is 2.28. The molecule has 1 amide bonds. The normalized spacial score (nSPS) is 12.8. The fourth-order valence-electron chi connectivity index (χ4n) is 2.11. The van der Waals surface area contributed by atoms with Gasteiger partial charge >= 0.3 is 0 Å². The van der Waals surface area contributed by atoms with Crippen molar-refractivity contribution in [3.8, 4) is 17.2 Å². The molecule has 0 aliphatic carbocycles. The minimum atomic E-state index is -0.678. The smallest absolute Gasteiger partial charge is 0.279 e. The predicted molar refractivity (Wildman–Crippen MR) is 96.6 cm³/mol. The van der Waals surface area contributed by atoms with E-state index in [9.17, 15) is 4.79 Å². The molecule has 7 nitrogen and oxygen atoms in total. The molecule has 25 heavy (non-hydrogen) atoms. The third kappa shape index (κ3) is 4.51. The molecule has 0 saturated carbocycles. The van der Waals surface area contributed by atoms with Crippen molar-refractivity contribution in [1.29, 1.82) is 0 Å². The van der Waals surface area contributed by atoms with E-state index in [-0.39, 0.29) is 17.8 Å². The number of nitrogens with one attached hydrogen (secondary N) is 3. The number of amides is 1. The minimum Gasteiger partial charge on any atom is -0.481 e. The third-order valence-corrected chi connectivity index (χ3v) is 3.56. The molecule has 0 spiro atoms. The summed E-state index contributed by atoms with van der Waals surface area (Å²) in [5.74, 6) is 1.59. The molecule has 1 atom stereocenters. The number of ether oxygens (including phenoxy) is 3. The van der Waals surface area contributed by atoms with Gasteiger partial charge < -0.3 is 19.5 Å². The second-order valence-corrected chi connectivity index (χ2v) is 5.62. The molecule has 0 fully saturated rings. The van der Waals surface area contributed by atoms with Crippen LogP contribution in [0.3, 0.4) is 0 Å². The van der Waals surface area contributed by atoms with E-state index in [1.165, 1.54) is 0 Å². The third-order valence-electron chi connectivity index (χ3n) is 3.35. The summed E-state index contributed by atoms with van der Waals surface area (Å²) >= 11 is 5.15. The Kier molecular flexibility index (Phi) is 5.20. The first-order valence-corrected chi connectivity index (χ1v) is 8.01. The molecule has 3 N–H and O–H groups in total. The molecule has 1 aliphatic rings. The molecule has 3 rings (SSSR count). The van der Waals surface area contributed by atoms with E-state index in [0.29, 0.717) is 22.9 Å². The van der Waals surface area contributed by atoms with Crippen LogP contribution >= 0.6 is 12.2 Å². The van der Waals surface area contributed by atoms with Crippen LogP contribution < -0.4 is 30.4 Å². The Labute approximate surface area is 150 Å². The molecule has 130 valence electrons. The molecule has 1 aliphatic heterocycles. The van der Waals surface area contributed by atoms with Gasteiger partial charge in [0.05, 0.1) is 0 Å². The zero-order valence-corrected chi connectivity index (χ0v) is 14.3. The van der Waals surface area contributed by atoms with Crippen LogP contribution in [0.15, 0.2) is 48.5 Å². The van der Waals surface area contributed by atoms with Crippen LogP contribution in [0.25, 0.3) is 0 Å². The number of rotatable bonds is 4. The molecule has 2 aromatic rings. The first kappa shape index (κ1) is 16.8. The number of carbonyl (C=O) groups is 1. The standard InChI is InChI=1S/C17H17N3O4S/c1-11(24-13-5-3-2-4-6-13)16(21)19-20-17(25)18-12-7-8-14-15(9-12)23-10-22-14/h2-9,11H,10H2,1H3,(H,19,21)(H2,18,20,25)/t11-/m1/s1. The summed E-state index contributed by atoms with van der Waals surface area (Å²) < 4.78 is 16.1. The lowest BCUT2D eigenvalue weighted by atomic mass is 10.3. The van der Waals surface area contributed by atoms with Crippen molar-refractivity contribution in [2.75, 3.05) is 12.1 Å². The van der Waals surface area contributed by atoms with Crippen molar-refractivity contribution in [3.05, 3.63) is 48.5 Å². The summed E-state index contributed by atoms with van der Waals surface area (Å²) in [7, 11) is 0. The largest absolute Gasteiger partial charge is 0.481 e. The van der Waals surface area contributed by atoms with Gasteiger partial charge in [-0.3, -0.25) is 15.6 Å². The average Bonchev–Trinajstić information content (AvgIpc) is 3.08. The monoisotopic (exact) mass is 359 g/mol. The summed E-state index contributed by atoms with van der Waals surface area (Å²) in [6.45, 7) is 1.86. The van der Waals surface area contributed by atoms with E-state index in [2.05, 4.69) is 16.2 Å². The Morgan fingerprint density at radius 1 is 1.12 bits per heavy atom. The van der Waals surface area contributed by atoms with E-state index >= 15 is 0 Å². The van der Waals surface area contributed by atoms with Crippen LogP contribution in [0.5, 0.6) is 17.2 Å². The molecular weight excluding hydrogens is 342 g/mol. The summed E-state index contributed by atoms with van der Waals surface area (Å²) in [6, 6.07) is 14.4. The van der Waals surface area contributed by atoms with Gasteiger partial charge in [0.15, 0.2) is 22.7 Å². The number of hydrogen-bond acceptors (Lipinski definition) is 5. The zero-order chi connectivity index (χ0) is 17.6. The van der Waals surface area contributed by atoms with Crippen LogP contribution in [-0.4, -0.2) is 23.9 Å². The molecule has 0 bridgehead atoms. The van der Waals surface area contributed by atoms with E-state index in [0.717, 1.165) is 0 Å². The maximum absolute atomic E-state index is 12.0. The lowest BCUT2D eigenvalue weighted by molar-refractivity contribution is -0.127. The zero-order valence-electron chi connectivity index (χ0n) is 13.4. The second-order valence-electron chi connectivity index (χ2n) is 5.21. The number of fused-ring (bicyclic) bond motifs is 1. The molecule has 8 heteroatoms. The Morgan fingerprint density at radius 2 is 1.88 bits per heavy atom. The average molecular weight is 359 g/mol. The van der Waals surface area contributed by atoms with Gasteiger partial charge in [-0.25, -0.2) is 0 Å². The van der Waals surface area contributed by atoms with Crippen LogP contribution in [0.4, 0.5) is 5.69 Å². The van der Waals surface area contributed by atoms with Crippen molar-refractivity contribution in [1.82, 2.24) is 10.9 Å². The number of hydrazine groups is 1. The predicted octanol–water partition coefficient (Wildman–Crippen LogP) is 2.20. The Morgan fingerprint density at radius 3 is 2.68 bits per heavy atom. The van der Waals surface area contributed by atoms with Crippen molar-refractivity contribution < 1.29 is 19.0 Å². The highest BCUT2D eigenvalue weighted by Crippen LogP contribution is 2.34. The molecular formula is C17H17N3O4S. The lowest BCUT2D eigenvalue weighted by Gasteiger charge is -2.16. The van der Waals surface area contributed by atoms with E-state index < -0.39 is 6.10 Å². The van der Waals surface area contributed by atoms with E-state index in [1.54, 1.807) is 37.3 Å². The van der Waals surface area contributed by atoms with Crippen molar-refractivity contribution in [2.24, 2.45) is 0 Å². The second kappa shape index (κ2) is 7.71. The Hall–Kier alpha value is -3.00. The SMILES string of the molecule is C[C@@H](Oc1ccccc1)C(=O)NNC(=S)Nc1ccc2c(c1)OCO2.